The van der Waals surface area contributed by atoms with Crippen LogP contribution in [0.4, 0.5) is 5.82 Å². The number of carbonyl (C=O) groups excluding carboxylic acids is 1. The lowest BCUT2D eigenvalue weighted by Crippen LogP contribution is -2.25. The standard InChI is InChI=1S/C21H24N4O3/c1-13-17(20(26)22-12-15-7-6-8-16(11-15)27-3)18-19(25-9-4-5-10-25)23-14(2)24-21(18)28-13/h6-8,11H,4-5,9-10,12H2,1-3H3,(H,22,26). The molecule has 1 aliphatic heterocycles. The lowest BCUT2D eigenvalue weighted by atomic mass is 10.1. The van der Waals surface area contributed by atoms with E-state index in [0.717, 1.165) is 43.1 Å². The highest BCUT2D eigenvalue weighted by atomic mass is 16.5. The first-order valence-electron chi connectivity index (χ1n) is 9.50. The molecule has 3 heterocycles. The molecule has 1 amide bonds. The van der Waals surface area contributed by atoms with Crippen molar-refractivity contribution in [2.75, 3.05) is 25.1 Å². The van der Waals surface area contributed by atoms with E-state index in [1.165, 1.54) is 0 Å². The van der Waals surface area contributed by atoms with Crippen molar-refractivity contribution in [3.63, 3.8) is 0 Å². The third-order valence-electron chi connectivity index (χ3n) is 5.04. The van der Waals surface area contributed by atoms with Gasteiger partial charge in [0.05, 0.1) is 18.1 Å². The second kappa shape index (κ2) is 7.50. The number of hydrogen-bond acceptors (Lipinski definition) is 6. The summed E-state index contributed by atoms with van der Waals surface area (Å²) in [6.45, 7) is 5.90. The number of fused-ring (bicyclic) bond motifs is 1. The fourth-order valence-electron chi connectivity index (χ4n) is 3.68. The van der Waals surface area contributed by atoms with Gasteiger partial charge in [0, 0.05) is 19.6 Å². The van der Waals surface area contributed by atoms with Gasteiger partial charge in [0.2, 0.25) is 5.71 Å². The molecule has 2 aromatic heterocycles. The molecule has 1 saturated heterocycles. The Bertz CT molecular complexity index is 1020. The number of rotatable bonds is 5. The Balaban J connectivity index is 1.67. The van der Waals surface area contributed by atoms with Crippen molar-refractivity contribution in [1.29, 1.82) is 0 Å². The van der Waals surface area contributed by atoms with Crippen molar-refractivity contribution >= 4 is 22.8 Å². The quantitative estimate of drug-likeness (QED) is 0.731. The summed E-state index contributed by atoms with van der Waals surface area (Å²) in [5, 5.41) is 3.69. The Morgan fingerprint density at radius 3 is 2.79 bits per heavy atom. The first-order valence-corrected chi connectivity index (χ1v) is 9.50. The molecule has 0 aliphatic carbocycles. The molecule has 0 spiro atoms. The summed E-state index contributed by atoms with van der Waals surface area (Å²) in [6, 6.07) is 7.63. The van der Waals surface area contributed by atoms with Gasteiger partial charge in [0.25, 0.3) is 5.91 Å². The smallest absolute Gasteiger partial charge is 0.255 e. The molecule has 3 aromatic rings. The molecule has 0 atom stereocenters. The predicted octanol–water partition coefficient (Wildman–Crippen LogP) is 3.38. The number of ether oxygens (including phenoxy) is 1. The molecule has 0 bridgehead atoms. The lowest BCUT2D eigenvalue weighted by Gasteiger charge is -2.18. The van der Waals surface area contributed by atoms with Crippen LogP contribution in [-0.4, -0.2) is 36.1 Å². The minimum Gasteiger partial charge on any atom is -0.497 e. The molecule has 0 unspecified atom stereocenters. The molecule has 7 nitrogen and oxygen atoms in total. The Kier molecular flexibility index (Phi) is 4.90. The molecule has 1 aromatic carbocycles. The van der Waals surface area contributed by atoms with Crippen molar-refractivity contribution in [2.24, 2.45) is 0 Å². The van der Waals surface area contributed by atoms with Crippen LogP contribution >= 0.6 is 0 Å². The van der Waals surface area contributed by atoms with Crippen molar-refractivity contribution in [2.45, 2.75) is 33.2 Å². The number of methoxy groups -OCH3 is 1. The van der Waals surface area contributed by atoms with Crippen molar-refractivity contribution in [1.82, 2.24) is 15.3 Å². The van der Waals surface area contributed by atoms with E-state index in [1.807, 2.05) is 31.2 Å². The van der Waals surface area contributed by atoms with Gasteiger partial charge in [-0.15, -0.1) is 0 Å². The van der Waals surface area contributed by atoms with E-state index in [0.29, 0.717) is 34.8 Å². The maximum Gasteiger partial charge on any atom is 0.255 e. The minimum absolute atomic E-state index is 0.188. The van der Waals surface area contributed by atoms with Crippen LogP contribution in [-0.2, 0) is 6.54 Å². The number of nitrogens with one attached hydrogen (secondary N) is 1. The van der Waals surface area contributed by atoms with Gasteiger partial charge in [-0.05, 0) is 44.4 Å². The monoisotopic (exact) mass is 380 g/mol. The number of nitrogens with zero attached hydrogens (tertiary/aromatic N) is 3. The summed E-state index contributed by atoms with van der Waals surface area (Å²) in [4.78, 5) is 24.3. The summed E-state index contributed by atoms with van der Waals surface area (Å²) in [7, 11) is 1.63. The van der Waals surface area contributed by atoms with Crippen LogP contribution in [0, 0.1) is 13.8 Å². The number of hydrogen-bond donors (Lipinski definition) is 1. The highest BCUT2D eigenvalue weighted by Gasteiger charge is 2.26. The molecule has 1 N–H and O–H groups in total. The van der Waals surface area contributed by atoms with Crippen molar-refractivity contribution < 1.29 is 13.9 Å². The van der Waals surface area contributed by atoms with Crippen LogP contribution < -0.4 is 15.0 Å². The van der Waals surface area contributed by atoms with Gasteiger partial charge in [-0.2, -0.15) is 4.98 Å². The average Bonchev–Trinajstić information content (AvgIpc) is 3.33. The number of aryl methyl sites for hydroxylation is 2. The number of furan rings is 1. The second-order valence-electron chi connectivity index (χ2n) is 7.04. The van der Waals surface area contributed by atoms with E-state index in [1.54, 1.807) is 14.0 Å². The number of amides is 1. The normalized spacial score (nSPS) is 13.9. The van der Waals surface area contributed by atoms with Crippen LogP contribution in [0.3, 0.4) is 0 Å². The third kappa shape index (κ3) is 3.40. The Labute approximate surface area is 163 Å². The third-order valence-corrected chi connectivity index (χ3v) is 5.04. The first-order chi connectivity index (χ1) is 13.6. The highest BCUT2D eigenvalue weighted by molar-refractivity contribution is 6.10. The fourth-order valence-corrected chi connectivity index (χ4v) is 3.68. The topological polar surface area (TPSA) is 80.5 Å². The SMILES string of the molecule is COc1cccc(CNC(=O)c2c(C)oc3nc(C)nc(N4CCCC4)c23)c1. The Morgan fingerprint density at radius 2 is 2.04 bits per heavy atom. The number of benzene rings is 1. The molecule has 0 saturated carbocycles. The van der Waals surface area contributed by atoms with Gasteiger partial charge in [0.1, 0.15) is 23.2 Å². The molecule has 28 heavy (non-hydrogen) atoms. The summed E-state index contributed by atoms with van der Waals surface area (Å²) in [5.41, 5.74) is 1.95. The molecule has 146 valence electrons. The van der Waals surface area contributed by atoms with Crippen LogP contribution in [0.15, 0.2) is 28.7 Å². The van der Waals surface area contributed by atoms with E-state index >= 15 is 0 Å². The molecular weight excluding hydrogens is 356 g/mol. The largest absolute Gasteiger partial charge is 0.497 e. The van der Waals surface area contributed by atoms with Crippen LogP contribution in [0.2, 0.25) is 0 Å². The van der Waals surface area contributed by atoms with E-state index in [9.17, 15) is 4.79 Å². The molecule has 0 radical (unpaired) electrons. The Morgan fingerprint density at radius 1 is 1.25 bits per heavy atom. The molecular formula is C21H24N4O3. The predicted molar refractivity (Wildman–Crippen MR) is 107 cm³/mol. The number of carbonyl (C=O) groups is 1. The fraction of sp³-hybridized carbons (Fsp3) is 0.381. The number of aromatic nitrogens is 2. The minimum atomic E-state index is -0.188. The van der Waals surface area contributed by atoms with Gasteiger partial charge in [-0.1, -0.05) is 12.1 Å². The first kappa shape index (κ1) is 18.3. The second-order valence-corrected chi connectivity index (χ2v) is 7.04. The van der Waals surface area contributed by atoms with E-state index in [-0.39, 0.29) is 5.91 Å². The number of anilines is 1. The van der Waals surface area contributed by atoms with Crippen LogP contribution in [0.1, 0.15) is 40.3 Å². The maximum atomic E-state index is 13.0. The highest BCUT2D eigenvalue weighted by Crippen LogP contribution is 2.33. The van der Waals surface area contributed by atoms with Gasteiger partial charge in [-0.3, -0.25) is 4.79 Å². The van der Waals surface area contributed by atoms with Gasteiger partial charge in [-0.25, -0.2) is 4.98 Å². The summed E-state index contributed by atoms with van der Waals surface area (Å²) >= 11 is 0. The maximum absolute atomic E-state index is 13.0. The van der Waals surface area contributed by atoms with Crippen molar-refractivity contribution in [3.05, 3.63) is 47.0 Å². The molecule has 1 aliphatic rings. The summed E-state index contributed by atoms with van der Waals surface area (Å²) < 4.78 is 11.1. The zero-order valence-corrected chi connectivity index (χ0v) is 16.4. The van der Waals surface area contributed by atoms with E-state index < -0.39 is 0 Å². The summed E-state index contributed by atoms with van der Waals surface area (Å²) in [5.74, 6) is 2.57. The molecule has 7 heteroatoms. The lowest BCUT2D eigenvalue weighted by molar-refractivity contribution is 0.0950. The van der Waals surface area contributed by atoms with Gasteiger partial charge < -0.3 is 19.4 Å². The molecule has 1 fully saturated rings. The van der Waals surface area contributed by atoms with Gasteiger partial charge in [0.15, 0.2) is 0 Å². The average molecular weight is 380 g/mol. The molecule has 4 rings (SSSR count). The zero-order valence-electron chi connectivity index (χ0n) is 16.4. The van der Waals surface area contributed by atoms with Crippen LogP contribution in [0.5, 0.6) is 5.75 Å². The van der Waals surface area contributed by atoms with E-state index in [4.69, 9.17) is 9.15 Å². The van der Waals surface area contributed by atoms with Gasteiger partial charge >= 0.3 is 0 Å². The summed E-state index contributed by atoms with van der Waals surface area (Å²) in [6.07, 6.45) is 2.25. The Hall–Kier alpha value is -3.09. The van der Waals surface area contributed by atoms with Crippen molar-refractivity contribution in [3.8, 4) is 5.75 Å². The van der Waals surface area contributed by atoms with Crippen LogP contribution in [0.25, 0.3) is 11.1 Å². The zero-order chi connectivity index (χ0) is 19.7. The van der Waals surface area contributed by atoms with E-state index in [2.05, 4.69) is 20.2 Å².